The van der Waals surface area contributed by atoms with Gasteiger partial charge in [0.25, 0.3) is 0 Å². The Bertz CT molecular complexity index is 862. The second-order valence-electron chi connectivity index (χ2n) is 6.20. The summed E-state index contributed by atoms with van der Waals surface area (Å²) in [5.41, 5.74) is 1.73. The monoisotopic (exact) mass is 353 g/mol. The molecule has 0 unspecified atom stereocenters. The average Bonchev–Trinajstić information content (AvgIpc) is 3.07. The minimum atomic E-state index is 0.0157. The molecule has 0 fully saturated rings. The summed E-state index contributed by atoms with van der Waals surface area (Å²) in [6.45, 7) is 4.66. The van der Waals surface area contributed by atoms with Crippen LogP contribution in [0.2, 0.25) is 0 Å². The van der Waals surface area contributed by atoms with Gasteiger partial charge in [0.05, 0.1) is 0 Å². The van der Waals surface area contributed by atoms with Crippen molar-refractivity contribution in [1.82, 2.24) is 30.1 Å². The Labute approximate surface area is 152 Å². The van der Waals surface area contributed by atoms with Gasteiger partial charge in [0.2, 0.25) is 5.91 Å². The third-order valence-electron chi connectivity index (χ3n) is 4.12. The lowest BCUT2D eigenvalue weighted by molar-refractivity contribution is -0.121. The highest BCUT2D eigenvalue weighted by Gasteiger charge is 2.11. The molecule has 1 atom stereocenters. The van der Waals surface area contributed by atoms with Gasteiger partial charge in [-0.2, -0.15) is 4.52 Å². The Morgan fingerprint density at radius 1 is 1.27 bits per heavy atom. The maximum Gasteiger partial charge on any atom is 0.220 e. The maximum atomic E-state index is 12.0. The molecule has 0 aliphatic heterocycles. The predicted octanol–water partition coefficient (Wildman–Crippen LogP) is 1.98. The van der Waals surface area contributed by atoms with Crippen LogP contribution in [0.3, 0.4) is 0 Å². The zero-order valence-corrected chi connectivity index (χ0v) is 15.0. The third-order valence-corrected chi connectivity index (χ3v) is 4.12. The van der Waals surface area contributed by atoms with E-state index >= 15 is 0 Å². The smallest absolute Gasteiger partial charge is 0.220 e. The second kappa shape index (κ2) is 8.37. The highest BCUT2D eigenvalue weighted by Crippen LogP contribution is 2.10. The summed E-state index contributed by atoms with van der Waals surface area (Å²) in [7, 11) is 0. The Kier molecular flexibility index (Phi) is 5.73. The fourth-order valence-electron chi connectivity index (χ4n) is 2.45. The normalized spacial score (nSPS) is 12.1. The van der Waals surface area contributed by atoms with Crippen LogP contribution < -0.4 is 10.6 Å². The number of aromatic nitrogens is 5. The van der Waals surface area contributed by atoms with Gasteiger partial charge in [0, 0.05) is 37.8 Å². The quantitative estimate of drug-likeness (QED) is 0.643. The molecule has 3 heterocycles. The molecule has 0 spiro atoms. The first-order valence-electron chi connectivity index (χ1n) is 8.79. The number of fused-ring (bicyclic) bond motifs is 1. The molecule has 0 aromatic carbocycles. The molecular weight excluding hydrogens is 330 g/mol. The van der Waals surface area contributed by atoms with E-state index in [-0.39, 0.29) is 11.9 Å². The lowest BCUT2D eigenvalue weighted by Gasteiger charge is -2.10. The van der Waals surface area contributed by atoms with E-state index in [9.17, 15) is 4.79 Å². The van der Waals surface area contributed by atoms with Crippen molar-refractivity contribution >= 4 is 17.4 Å². The van der Waals surface area contributed by atoms with Crippen LogP contribution in [0, 0.1) is 0 Å². The standard InChI is InChI=1S/C18H23N7O/c1-3-13(2)21-18(26)9-8-17-23-22-16-7-6-15(24-25(16)17)20-12-14-5-4-10-19-11-14/h4-7,10-11,13H,3,8-9,12H2,1-2H3,(H,20,24)(H,21,26)/t13-/m1/s1. The predicted molar refractivity (Wildman–Crippen MR) is 98.6 cm³/mol. The highest BCUT2D eigenvalue weighted by atomic mass is 16.1. The molecule has 3 aromatic rings. The van der Waals surface area contributed by atoms with Crippen molar-refractivity contribution in [3.8, 4) is 0 Å². The molecule has 1 amide bonds. The van der Waals surface area contributed by atoms with Gasteiger partial charge in [0.15, 0.2) is 11.5 Å². The number of amides is 1. The van der Waals surface area contributed by atoms with Crippen LogP contribution in [0.4, 0.5) is 5.82 Å². The van der Waals surface area contributed by atoms with E-state index in [2.05, 4.69) is 30.9 Å². The molecule has 0 aliphatic rings. The number of anilines is 1. The Hall–Kier alpha value is -3.03. The Morgan fingerprint density at radius 2 is 2.15 bits per heavy atom. The molecule has 8 heteroatoms. The van der Waals surface area contributed by atoms with Gasteiger partial charge in [-0.3, -0.25) is 9.78 Å². The minimum Gasteiger partial charge on any atom is -0.364 e. The van der Waals surface area contributed by atoms with Crippen molar-refractivity contribution < 1.29 is 4.79 Å². The van der Waals surface area contributed by atoms with Crippen LogP contribution in [-0.2, 0) is 17.8 Å². The van der Waals surface area contributed by atoms with E-state index in [0.29, 0.717) is 36.7 Å². The van der Waals surface area contributed by atoms with Crippen molar-refractivity contribution in [1.29, 1.82) is 0 Å². The number of rotatable bonds is 8. The van der Waals surface area contributed by atoms with Crippen molar-refractivity contribution in [3.05, 3.63) is 48.0 Å². The zero-order valence-electron chi connectivity index (χ0n) is 15.0. The van der Waals surface area contributed by atoms with Gasteiger partial charge < -0.3 is 10.6 Å². The fraction of sp³-hybridized carbons (Fsp3) is 0.389. The number of carbonyl (C=O) groups excluding carboxylic acids is 1. The summed E-state index contributed by atoms with van der Waals surface area (Å²) in [5.74, 6) is 1.40. The summed E-state index contributed by atoms with van der Waals surface area (Å²) in [4.78, 5) is 16.1. The van der Waals surface area contributed by atoms with Gasteiger partial charge >= 0.3 is 0 Å². The van der Waals surface area contributed by atoms with E-state index in [1.165, 1.54) is 0 Å². The molecule has 0 bridgehead atoms. The van der Waals surface area contributed by atoms with E-state index in [4.69, 9.17) is 0 Å². The molecule has 0 saturated heterocycles. The summed E-state index contributed by atoms with van der Waals surface area (Å²) in [6, 6.07) is 7.79. The van der Waals surface area contributed by atoms with E-state index < -0.39 is 0 Å². The van der Waals surface area contributed by atoms with Gasteiger partial charge in [-0.25, -0.2) is 0 Å². The Balaban J connectivity index is 1.65. The van der Waals surface area contributed by atoms with Gasteiger partial charge in [0.1, 0.15) is 5.82 Å². The topological polar surface area (TPSA) is 97.1 Å². The number of nitrogens with zero attached hydrogens (tertiary/aromatic N) is 5. The average molecular weight is 353 g/mol. The third kappa shape index (κ3) is 4.53. The minimum absolute atomic E-state index is 0.0157. The molecule has 136 valence electrons. The SMILES string of the molecule is CC[C@@H](C)NC(=O)CCc1nnc2ccc(NCc3cccnc3)nn12. The van der Waals surface area contributed by atoms with Gasteiger partial charge in [-0.1, -0.05) is 13.0 Å². The summed E-state index contributed by atoms with van der Waals surface area (Å²) < 4.78 is 1.68. The van der Waals surface area contributed by atoms with Crippen molar-refractivity contribution in [2.24, 2.45) is 0 Å². The van der Waals surface area contributed by atoms with E-state index in [1.807, 2.05) is 44.3 Å². The number of carbonyl (C=O) groups is 1. The summed E-state index contributed by atoms with van der Waals surface area (Å²) in [6.07, 6.45) is 5.32. The van der Waals surface area contributed by atoms with Crippen molar-refractivity contribution in [2.75, 3.05) is 5.32 Å². The van der Waals surface area contributed by atoms with Crippen LogP contribution in [0.1, 0.15) is 38.1 Å². The molecule has 26 heavy (non-hydrogen) atoms. The number of hydrogen-bond donors (Lipinski definition) is 2. The number of pyridine rings is 1. The summed E-state index contributed by atoms with van der Waals surface area (Å²) in [5, 5.41) is 19.0. The lowest BCUT2D eigenvalue weighted by Crippen LogP contribution is -2.32. The first-order chi connectivity index (χ1) is 12.7. The Morgan fingerprint density at radius 3 is 2.92 bits per heavy atom. The maximum absolute atomic E-state index is 12.0. The van der Waals surface area contributed by atoms with Crippen LogP contribution in [0.15, 0.2) is 36.7 Å². The van der Waals surface area contributed by atoms with Crippen molar-refractivity contribution in [3.63, 3.8) is 0 Å². The molecule has 3 aromatic heterocycles. The zero-order chi connectivity index (χ0) is 18.4. The van der Waals surface area contributed by atoms with Crippen LogP contribution in [-0.4, -0.2) is 36.7 Å². The molecule has 0 saturated carbocycles. The molecular formula is C18H23N7O. The van der Waals surface area contributed by atoms with E-state index in [0.717, 1.165) is 12.0 Å². The highest BCUT2D eigenvalue weighted by molar-refractivity contribution is 5.76. The fourth-order valence-corrected chi connectivity index (χ4v) is 2.45. The number of hydrogen-bond acceptors (Lipinski definition) is 6. The molecule has 8 nitrogen and oxygen atoms in total. The number of aryl methyl sites for hydroxylation is 1. The van der Waals surface area contributed by atoms with E-state index in [1.54, 1.807) is 10.7 Å². The lowest BCUT2D eigenvalue weighted by atomic mass is 10.2. The molecule has 3 rings (SSSR count). The van der Waals surface area contributed by atoms with Crippen molar-refractivity contribution in [2.45, 2.75) is 45.7 Å². The van der Waals surface area contributed by atoms with Gasteiger partial charge in [-0.15, -0.1) is 15.3 Å². The summed E-state index contributed by atoms with van der Waals surface area (Å²) >= 11 is 0. The molecule has 0 radical (unpaired) electrons. The van der Waals surface area contributed by atoms with Crippen LogP contribution in [0.25, 0.3) is 5.65 Å². The first kappa shape index (κ1) is 17.8. The second-order valence-corrected chi connectivity index (χ2v) is 6.20. The number of nitrogens with one attached hydrogen (secondary N) is 2. The largest absolute Gasteiger partial charge is 0.364 e. The van der Waals surface area contributed by atoms with Crippen LogP contribution in [0.5, 0.6) is 0 Å². The van der Waals surface area contributed by atoms with Gasteiger partial charge in [-0.05, 0) is 37.1 Å². The first-order valence-corrected chi connectivity index (χ1v) is 8.79. The molecule has 0 aliphatic carbocycles. The molecule has 2 N–H and O–H groups in total. The van der Waals surface area contributed by atoms with Crippen LogP contribution >= 0.6 is 0 Å².